The van der Waals surface area contributed by atoms with Gasteiger partial charge in [0.05, 0.1) is 22.2 Å². The molecule has 168 valence electrons. The number of thiophene rings is 1. The third kappa shape index (κ3) is 4.22. The first-order chi connectivity index (χ1) is 15.8. The molecule has 0 fully saturated rings. The quantitative estimate of drug-likeness (QED) is 0.269. The van der Waals surface area contributed by atoms with Gasteiger partial charge in [0.15, 0.2) is 10.9 Å². The van der Waals surface area contributed by atoms with Gasteiger partial charge < -0.3 is 9.84 Å². The molecule has 1 aromatic carbocycles. The summed E-state index contributed by atoms with van der Waals surface area (Å²) in [7, 11) is 0. The molecule has 0 saturated heterocycles. The molecule has 4 rings (SSSR count). The minimum absolute atomic E-state index is 0.0289. The Labute approximate surface area is 202 Å². The van der Waals surface area contributed by atoms with Gasteiger partial charge in [0, 0.05) is 5.02 Å². The molecule has 7 nitrogen and oxygen atoms in total. The maximum Gasteiger partial charge on any atom is 0.350 e. The van der Waals surface area contributed by atoms with E-state index in [4.69, 9.17) is 16.3 Å². The highest BCUT2D eigenvalue weighted by Gasteiger charge is 2.46. The Balaban J connectivity index is 1.83. The summed E-state index contributed by atoms with van der Waals surface area (Å²) >= 11 is 8.33. The van der Waals surface area contributed by atoms with Crippen molar-refractivity contribution in [1.29, 1.82) is 0 Å². The lowest BCUT2D eigenvalue weighted by Crippen LogP contribution is -2.31. The topological polar surface area (TPSA) is 96.8 Å². The number of aromatic nitrogens is 1. The molecule has 2 aromatic heterocycles. The SMILES string of the molecule is C=CCOC(=O)c1sc(N2C(=O)C(O)=C(C(=O)c3cccs3)C2c2cccc(Cl)c2)nc1C. The molecule has 0 aliphatic carbocycles. The highest BCUT2D eigenvalue weighted by atomic mass is 35.5. The molecule has 0 bridgehead atoms. The predicted molar refractivity (Wildman–Crippen MR) is 127 cm³/mol. The number of carbonyl (C=O) groups is 3. The van der Waals surface area contributed by atoms with Crippen molar-refractivity contribution in [3.05, 3.63) is 91.8 Å². The average molecular weight is 501 g/mol. The lowest BCUT2D eigenvalue weighted by molar-refractivity contribution is -0.117. The van der Waals surface area contributed by atoms with Gasteiger partial charge in [-0.15, -0.1) is 11.3 Å². The van der Waals surface area contributed by atoms with Gasteiger partial charge in [0.2, 0.25) is 5.78 Å². The van der Waals surface area contributed by atoms with Crippen LogP contribution in [0.15, 0.2) is 65.8 Å². The first-order valence-electron chi connectivity index (χ1n) is 9.69. The number of rotatable bonds is 7. The monoisotopic (exact) mass is 500 g/mol. The number of hydrogen-bond acceptors (Lipinski definition) is 8. The third-order valence-corrected chi connectivity index (χ3v) is 7.11. The zero-order valence-corrected chi connectivity index (χ0v) is 19.7. The summed E-state index contributed by atoms with van der Waals surface area (Å²) < 4.78 is 5.10. The molecule has 0 spiro atoms. The third-order valence-electron chi connectivity index (χ3n) is 4.87. The molecule has 10 heteroatoms. The second kappa shape index (κ2) is 9.30. The van der Waals surface area contributed by atoms with E-state index in [0.29, 0.717) is 21.2 Å². The predicted octanol–water partition coefficient (Wildman–Crippen LogP) is 5.29. The molecule has 3 heterocycles. The number of anilines is 1. The summed E-state index contributed by atoms with van der Waals surface area (Å²) in [5, 5.41) is 13.1. The van der Waals surface area contributed by atoms with Crippen LogP contribution in [0.2, 0.25) is 5.02 Å². The number of ketones is 1. The Morgan fingerprint density at radius 2 is 2.12 bits per heavy atom. The first kappa shape index (κ1) is 22.9. The van der Waals surface area contributed by atoms with Crippen molar-refractivity contribution in [2.24, 2.45) is 0 Å². The van der Waals surface area contributed by atoms with E-state index in [9.17, 15) is 19.5 Å². The van der Waals surface area contributed by atoms with E-state index in [0.717, 1.165) is 11.3 Å². The van der Waals surface area contributed by atoms with Crippen LogP contribution in [0.4, 0.5) is 5.13 Å². The summed E-state index contributed by atoms with van der Waals surface area (Å²) in [6, 6.07) is 9.03. The van der Waals surface area contributed by atoms with Crippen molar-refractivity contribution in [2.45, 2.75) is 13.0 Å². The lowest BCUT2D eigenvalue weighted by Gasteiger charge is -2.24. The van der Waals surface area contributed by atoms with Crippen molar-refractivity contribution < 1.29 is 24.2 Å². The Morgan fingerprint density at radius 1 is 1.33 bits per heavy atom. The molecule has 0 radical (unpaired) electrons. The molecule has 0 saturated carbocycles. The van der Waals surface area contributed by atoms with Gasteiger partial charge in [-0.3, -0.25) is 14.5 Å². The lowest BCUT2D eigenvalue weighted by atomic mass is 9.95. The van der Waals surface area contributed by atoms with Crippen molar-refractivity contribution in [1.82, 2.24) is 4.98 Å². The van der Waals surface area contributed by atoms with Gasteiger partial charge in [-0.05, 0) is 36.1 Å². The summed E-state index contributed by atoms with van der Waals surface area (Å²) in [4.78, 5) is 45.1. The van der Waals surface area contributed by atoms with Crippen LogP contribution >= 0.6 is 34.3 Å². The number of amides is 1. The maximum absolute atomic E-state index is 13.3. The molecule has 1 aliphatic heterocycles. The largest absolute Gasteiger partial charge is 0.503 e. The van der Waals surface area contributed by atoms with Crippen LogP contribution < -0.4 is 4.90 Å². The van der Waals surface area contributed by atoms with E-state index in [1.165, 1.54) is 22.3 Å². The summed E-state index contributed by atoms with van der Waals surface area (Å²) in [5.74, 6) is -2.53. The Kier molecular flexibility index (Phi) is 6.46. The second-order valence-corrected chi connectivity index (χ2v) is 9.36. The second-order valence-electron chi connectivity index (χ2n) is 7.00. The van der Waals surface area contributed by atoms with Crippen molar-refractivity contribution in [3.63, 3.8) is 0 Å². The minimum atomic E-state index is -0.978. The molecule has 33 heavy (non-hydrogen) atoms. The van der Waals surface area contributed by atoms with Crippen molar-refractivity contribution in [2.75, 3.05) is 11.5 Å². The summed E-state index contributed by atoms with van der Waals surface area (Å²) in [5.41, 5.74) is 0.802. The van der Waals surface area contributed by atoms with Crippen LogP contribution in [-0.2, 0) is 9.53 Å². The number of nitrogens with zero attached hydrogens (tertiary/aromatic N) is 2. The zero-order chi connectivity index (χ0) is 23.7. The Morgan fingerprint density at radius 3 is 2.79 bits per heavy atom. The van der Waals surface area contributed by atoms with Crippen molar-refractivity contribution in [3.8, 4) is 0 Å². The number of Topliss-reactive ketones (excluding diaryl/α,β-unsaturated/α-hetero) is 1. The fourth-order valence-electron chi connectivity index (χ4n) is 3.44. The summed E-state index contributed by atoms with van der Waals surface area (Å²) in [6.07, 6.45) is 1.44. The molecular weight excluding hydrogens is 484 g/mol. The van der Waals surface area contributed by atoms with E-state index in [-0.39, 0.29) is 22.2 Å². The number of hydrogen-bond donors (Lipinski definition) is 1. The van der Waals surface area contributed by atoms with Gasteiger partial charge in [-0.2, -0.15) is 0 Å². The van der Waals surface area contributed by atoms with Gasteiger partial charge in [0.1, 0.15) is 11.5 Å². The highest BCUT2D eigenvalue weighted by Crippen LogP contribution is 2.44. The standard InChI is InChI=1S/C23H17ClN2O5S2/c1-3-9-31-22(30)20-12(2)25-23(33-20)26-17(13-6-4-7-14(24)11-13)16(19(28)21(26)29)18(27)15-8-5-10-32-15/h3-8,10-11,17,28H,1,9H2,2H3. The fourth-order valence-corrected chi connectivity index (χ4v) is 5.31. The van der Waals surface area contributed by atoms with E-state index < -0.39 is 29.5 Å². The number of thiazole rings is 1. The number of esters is 1. The van der Waals surface area contributed by atoms with Gasteiger partial charge >= 0.3 is 5.97 Å². The number of aliphatic hydroxyl groups excluding tert-OH is 1. The van der Waals surface area contributed by atoms with E-state index in [1.807, 2.05) is 0 Å². The van der Waals surface area contributed by atoms with Gasteiger partial charge in [-0.1, -0.05) is 53.8 Å². The highest BCUT2D eigenvalue weighted by molar-refractivity contribution is 7.17. The van der Waals surface area contributed by atoms with Crippen LogP contribution in [-0.4, -0.2) is 34.4 Å². The van der Waals surface area contributed by atoms with Crippen LogP contribution in [0.25, 0.3) is 0 Å². The van der Waals surface area contributed by atoms with Crippen LogP contribution in [0.3, 0.4) is 0 Å². The Hall–Kier alpha value is -3.27. The smallest absolute Gasteiger partial charge is 0.350 e. The van der Waals surface area contributed by atoms with Crippen LogP contribution in [0, 0.1) is 6.92 Å². The molecule has 1 aliphatic rings. The average Bonchev–Trinajstić information content (AvgIpc) is 3.51. The van der Waals surface area contributed by atoms with E-state index >= 15 is 0 Å². The molecular formula is C23H17ClN2O5S2. The van der Waals surface area contributed by atoms with E-state index in [1.54, 1.807) is 48.7 Å². The number of ether oxygens (including phenoxy) is 1. The molecule has 1 unspecified atom stereocenters. The van der Waals surface area contributed by atoms with Gasteiger partial charge in [0.25, 0.3) is 5.91 Å². The van der Waals surface area contributed by atoms with Gasteiger partial charge in [-0.25, -0.2) is 9.78 Å². The number of carbonyl (C=O) groups excluding carboxylic acids is 3. The number of aryl methyl sites for hydroxylation is 1. The summed E-state index contributed by atoms with van der Waals surface area (Å²) in [6.45, 7) is 5.16. The molecule has 1 atom stereocenters. The zero-order valence-electron chi connectivity index (χ0n) is 17.3. The minimum Gasteiger partial charge on any atom is -0.503 e. The first-order valence-corrected chi connectivity index (χ1v) is 11.8. The van der Waals surface area contributed by atoms with E-state index in [2.05, 4.69) is 11.6 Å². The van der Waals surface area contributed by atoms with Crippen LogP contribution in [0.1, 0.15) is 36.6 Å². The molecule has 1 amide bonds. The Bertz CT molecular complexity index is 1300. The van der Waals surface area contributed by atoms with Crippen molar-refractivity contribution >= 4 is 57.1 Å². The number of halogens is 1. The molecule has 1 N–H and O–H groups in total. The normalized spacial score (nSPS) is 15.8. The molecule has 3 aromatic rings. The maximum atomic E-state index is 13.3. The van der Waals surface area contributed by atoms with Crippen LogP contribution in [0.5, 0.6) is 0 Å². The number of benzene rings is 1. The number of aliphatic hydroxyl groups is 1. The fraction of sp³-hybridized carbons (Fsp3) is 0.130.